The molecule has 1 aromatic rings. The van der Waals surface area contributed by atoms with E-state index in [1.165, 1.54) is 18.7 Å². The van der Waals surface area contributed by atoms with Crippen LogP contribution in [-0.4, -0.2) is 29.6 Å². The number of nitrogens with one attached hydrogen (secondary N) is 1. The first kappa shape index (κ1) is 11.8. The van der Waals surface area contributed by atoms with Gasteiger partial charge in [-0.15, -0.1) is 0 Å². The number of hydrogen-bond acceptors (Lipinski definition) is 5. The summed E-state index contributed by atoms with van der Waals surface area (Å²) in [6.07, 6.45) is 6.05. The summed E-state index contributed by atoms with van der Waals surface area (Å²) >= 11 is 0. The number of hydrogen-bond donors (Lipinski definition) is 1. The lowest BCUT2D eigenvalue weighted by molar-refractivity contribution is 0.399. The molecule has 0 aliphatic rings. The van der Waals surface area contributed by atoms with Gasteiger partial charge in [0.1, 0.15) is 17.9 Å². The molecule has 1 rings (SSSR count). The molecule has 84 valence electrons. The third kappa shape index (κ3) is 3.49. The second-order valence-corrected chi connectivity index (χ2v) is 2.77. The van der Waals surface area contributed by atoms with Crippen molar-refractivity contribution in [2.24, 2.45) is 9.98 Å². The second kappa shape index (κ2) is 6.28. The molecule has 16 heavy (non-hydrogen) atoms. The van der Waals surface area contributed by atoms with Crippen LogP contribution in [0.3, 0.4) is 0 Å². The maximum atomic E-state index is 5.06. The van der Waals surface area contributed by atoms with E-state index in [-0.39, 0.29) is 0 Å². The standard InChI is InChI=1S/C10H13N5O/c1-8(13-5-4-11-2)15-9-6-12-7-14-10(9)16-3/h4-7H,2H2,1,3H3,(H,13,15)/b5-4-. The average Bonchev–Trinajstić information content (AvgIpc) is 2.30. The van der Waals surface area contributed by atoms with Gasteiger partial charge in [0.15, 0.2) is 0 Å². The molecule has 0 saturated heterocycles. The second-order valence-electron chi connectivity index (χ2n) is 2.77. The van der Waals surface area contributed by atoms with Gasteiger partial charge in [-0.3, -0.25) is 4.99 Å². The molecule has 0 aliphatic carbocycles. The molecule has 0 fully saturated rings. The molecular weight excluding hydrogens is 206 g/mol. The number of amidine groups is 1. The Balaban J connectivity index is 2.76. The molecule has 1 N–H and O–H groups in total. The van der Waals surface area contributed by atoms with Gasteiger partial charge in [0.25, 0.3) is 0 Å². The van der Waals surface area contributed by atoms with Gasteiger partial charge in [0, 0.05) is 12.4 Å². The molecular formula is C10H13N5O. The van der Waals surface area contributed by atoms with E-state index in [1.807, 2.05) is 0 Å². The Hall–Kier alpha value is -2.24. The smallest absolute Gasteiger partial charge is 0.240 e. The van der Waals surface area contributed by atoms with Crippen molar-refractivity contribution in [3.63, 3.8) is 0 Å². The Morgan fingerprint density at radius 3 is 3.06 bits per heavy atom. The van der Waals surface area contributed by atoms with E-state index in [4.69, 9.17) is 4.74 Å². The van der Waals surface area contributed by atoms with Crippen LogP contribution >= 0.6 is 0 Å². The SMILES string of the molecule is C=N/C=C\N=C(/C)Nc1cncnc1OC. The lowest BCUT2D eigenvalue weighted by atomic mass is 10.5. The molecule has 0 amide bonds. The van der Waals surface area contributed by atoms with Crippen LogP contribution in [0.5, 0.6) is 5.88 Å². The van der Waals surface area contributed by atoms with E-state index in [0.717, 1.165) is 0 Å². The van der Waals surface area contributed by atoms with E-state index in [2.05, 4.69) is 32.0 Å². The summed E-state index contributed by atoms with van der Waals surface area (Å²) < 4.78 is 5.06. The predicted molar refractivity (Wildman–Crippen MR) is 64.0 cm³/mol. The third-order valence-corrected chi connectivity index (χ3v) is 1.62. The fraction of sp³-hybridized carbons (Fsp3) is 0.200. The maximum absolute atomic E-state index is 5.06. The first-order valence-electron chi connectivity index (χ1n) is 4.54. The fourth-order valence-corrected chi connectivity index (χ4v) is 0.986. The number of methoxy groups -OCH3 is 1. The van der Waals surface area contributed by atoms with Crippen molar-refractivity contribution in [1.82, 2.24) is 9.97 Å². The number of anilines is 1. The minimum absolute atomic E-state index is 0.468. The van der Waals surface area contributed by atoms with Crippen LogP contribution in [0.1, 0.15) is 6.92 Å². The average molecular weight is 219 g/mol. The lowest BCUT2D eigenvalue weighted by Crippen LogP contribution is -2.08. The van der Waals surface area contributed by atoms with Crippen LogP contribution in [-0.2, 0) is 0 Å². The summed E-state index contributed by atoms with van der Waals surface area (Å²) in [5, 5.41) is 3.01. The Kier molecular flexibility index (Phi) is 4.65. The third-order valence-electron chi connectivity index (χ3n) is 1.62. The zero-order valence-corrected chi connectivity index (χ0v) is 9.21. The van der Waals surface area contributed by atoms with Crippen molar-refractivity contribution in [3.05, 3.63) is 24.9 Å². The van der Waals surface area contributed by atoms with Crippen molar-refractivity contribution in [1.29, 1.82) is 0 Å². The molecule has 0 radical (unpaired) electrons. The van der Waals surface area contributed by atoms with Crippen molar-refractivity contribution in [2.75, 3.05) is 12.4 Å². The molecule has 0 spiro atoms. The van der Waals surface area contributed by atoms with Crippen LogP contribution in [0.4, 0.5) is 5.69 Å². The summed E-state index contributed by atoms with van der Waals surface area (Å²) in [5.41, 5.74) is 0.659. The number of aliphatic imine (C=N–C) groups is 2. The minimum atomic E-state index is 0.468. The monoisotopic (exact) mass is 219 g/mol. The highest BCUT2D eigenvalue weighted by atomic mass is 16.5. The summed E-state index contributed by atoms with van der Waals surface area (Å²) in [5.74, 6) is 1.14. The maximum Gasteiger partial charge on any atom is 0.240 e. The summed E-state index contributed by atoms with van der Waals surface area (Å²) in [6, 6.07) is 0. The Morgan fingerprint density at radius 2 is 2.38 bits per heavy atom. The lowest BCUT2D eigenvalue weighted by Gasteiger charge is -2.07. The fourth-order valence-electron chi connectivity index (χ4n) is 0.986. The van der Waals surface area contributed by atoms with E-state index in [0.29, 0.717) is 17.4 Å². The van der Waals surface area contributed by atoms with Gasteiger partial charge in [0.2, 0.25) is 5.88 Å². The number of nitrogens with zero attached hydrogens (tertiary/aromatic N) is 4. The van der Waals surface area contributed by atoms with Gasteiger partial charge in [-0.25, -0.2) is 9.98 Å². The molecule has 0 saturated carbocycles. The molecule has 1 aromatic heterocycles. The number of ether oxygens (including phenoxy) is 1. The van der Waals surface area contributed by atoms with Gasteiger partial charge >= 0.3 is 0 Å². The Bertz CT molecular complexity index is 413. The van der Waals surface area contributed by atoms with Crippen molar-refractivity contribution < 1.29 is 4.74 Å². The highest BCUT2D eigenvalue weighted by Gasteiger charge is 2.03. The van der Waals surface area contributed by atoms with E-state index >= 15 is 0 Å². The molecule has 0 unspecified atom stereocenters. The van der Waals surface area contributed by atoms with E-state index < -0.39 is 0 Å². The van der Waals surface area contributed by atoms with Gasteiger partial charge in [-0.1, -0.05) is 0 Å². The Labute approximate surface area is 93.8 Å². The van der Waals surface area contributed by atoms with Gasteiger partial charge in [0.05, 0.1) is 13.3 Å². The van der Waals surface area contributed by atoms with Crippen LogP contribution in [0.2, 0.25) is 0 Å². The predicted octanol–water partition coefficient (Wildman–Crippen LogP) is 1.49. The van der Waals surface area contributed by atoms with Crippen molar-refractivity contribution in [2.45, 2.75) is 6.92 Å². The molecule has 0 bridgehead atoms. The van der Waals surface area contributed by atoms with Crippen LogP contribution in [0, 0.1) is 0 Å². The number of aromatic nitrogens is 2. The quantitative estimate of drug-likeness (QED) is 0.615. The van der Waals surface area contributed by atoms with Crippen LogP contribution in [0.25, 0.3) is 0 Å². The Morgan fingerprint density at radius 1 is 1.56 bits per heavy atom. The molecule has 0 aliphatic heterocycles. The summed E-state index contributed by atoms with van der Waals surface area (Å²) in [7, 11) is 1.54. The molecule has 1 heterocycles. The van der Waals surface area contributed by atoms with Gasteiger partial charge in [-0.2, -0.15) is 4.98 Å². The summed E-state index contributed by atoms with van der Waals surface area (Å²) in [4.78, 5) is 15.4. The zero-order chi connectivity index (χ0) is 11.8. The minimum Gasteiger partial charge on any atom is -0.479 e. The van der Waals surface area contributed by atoms with Crippen LogP contribution < -0.4 is 10.1 Å². The first-order valence-corrected chi connectivity index (χ1v) is 4.54. The van der Waals surface area contributed by atoms with Gasteiger partial charge < -0.3 is 10.1 Å². The van der Waals surface area contributed by atoms with Crippen molar-refractivity contribution >= 4 is 18.2 Å². The van der Waals surface area contributed by atoms with E-state index in [1.54, 1.807) is 20.2 Å². The largest absolute Gasteiger partial charge is 0.479 e. The topological polar surface area (TPSA) is 71.8 Å². The number of rotatable bonds is 4. The summed E-state index contributed by atoms with van der Waals surface area (Å²) in [6.45, 7) is 5.11. The molecule has 6 nitrogen and oxygen atoms in total. The zero-order valence-electron chi connectivity index (χ0n) is 9.21. The van der Waals surface area contributed by atoms with Crippen molar-refractivity contribution in [3.8, 4) is 5.88 Å². The molecule has 0 aromatic carbocycles. The normalized spacial score (nSPS) is 11.5. The highest BCUT2D eigenvalue weighted by molar-refractivity contribution is 5.94. The molecule has 0 atom stereocenters. The highest BCUT2D eigenvalue weighted by Crippen LogP contribution is 2.18. The first-order chi connectivity index (χ1) is 7.77. The van der Waals surface area contributed by atoms with E-state index in [9.17, 15) is 0 Å². The van der Waals surface area contributed by atoms with Crippen LogP contribution in [0.15, 0.2) is 34.9 Å². The molecule has 6 heteroatoms. The van der Waals surface area contributed by atoms with Gasteiger partial charge in [-0.05, 0) is 13.6 Å².